The fourth-order valence-electron chi connectivity index (χ4n) is 2.46. The normalized spacial score (nSPS) is 14.6. The van der Waals surface area contributed by atoms with Crippen LogP contribution >= 0.6 is 0 Å². The summed E-state index contributed by atoms with van der Waals surface area (Å²) in [6, 6.07) is 8.09. The molecule has 0 amide bonds. The second kappa shape index (κ2) is 6.09. The molecule has 20 heavy (non-hydrogen) atoms. The smallest absolute Gasteiger partial charge is 0.163 e. The molecule has 106 valence electrons. The molecule has 3 nitrogen and oxygen atoms in total. The number of hydrogen-bond acceptors (Lipinski definition) is 3. The van der Waals surface area contributed by atoms with E-state index in [-0.39, 0.29) is 11.2 Å². The first-order chi connectivity index (χ1) is 9.52. The van der Waals surface area contributed by atoms with Gasteiger partial charge in [0.25, 0.3) is 0 Å². The topological polar surface area (TPSA) is 50.1 Å². The van der Waals surface area contributed by atoms with Crippen molar-refractivity contribution < 1.29 is 9.53 Å². The zero-order valence-corrected chi connectivity index (χ0v) is 12.2. The van der Waals surface area contributed by atoms with Gasteiger partial charge in [0.1, 0.15) is 5.75 Å². The largest absolute Gasteiger partial charge is 0.494 e. The predicted molar refractivity (Wildman–Crippen MR) is 77.8 cm³/mol. The molecule has 2 rings (SSSR count). The van der Waals surface area contributed by atoms with Crippen LogP contribution in [0.5, 0.6) is 5.75 Å². The Balaban J connectivity index is 1.90. The van der Waals surface area contributed by atoms with Crippen LogP contribution in [0.4, 0.5) is 0 Å². The zero-order chi connectivity index (χ0) is 14.6. The number of carbonyl (C=O) groups is 1. The molecule has 0 unspecified atom stereocenters. The second-order valence-electron chi connectivity index (χ2n) is 6.04. The summed E-state index contributed by atoms with van der Waals surface area (Å²) < 4.78 is 5.70. The van der Waals surface area contributed by atoms with Gasteiger partial charge in [0.2, 0.25) is 0 Å². The summed E-state index contributed by atoms with van der Waals surface area (Å²) in [7, 11) is 0. The van der Waals surface area contributed by atoms with Crippen molar-refractivity contribution in [3.05, 3.63) is 29.3 Å². The molecule has 1 aliphatic rings. The molecular formula is C17H21NO2. The minimum atomic E-state index is -0.296. The first-order valence-corrected chi connectivity index (χ1v) is 7.22. The lowest BCUT2D eigenvalue weighted by Crippen LogP contribution is -2.12. The number of benzene rings is 1. The van der Waals surface area contributed by atoms with Gasteiger partial charge in [-0.05, 0) is 57.2 Å². The van der Waals surface area contributed by atoms with Crippen LogP contribution in [0.2, 0.25) is 0 Å². The Kier molecular flexibility index (Phi) is 4.44. The molecule has 1 aliphatic carbocycles. The molecule has 0 aromatic heterocycles. The Hall–Kier alpha value is -1.82. The lowest BCUT2D eigenvalue weighted by molar-refractivity contribution is 0.0972. The molecule has 0 atom stereocenters. The van der Waals surface area contributed by atoms with Gasteiger partial charge in [0, 0.05) is 12.0 Å². The number of aryl methyl sites for hydroxylation is 1. The molecule has 0 radical (unpaired) electrons. The van der Waals surface area contributed by atoms with Gasteiger partial charge in [-0.3, -0.25) is 4.79 Å². The standard InChI is InChI=1S/C17H21NO2/c1-17(2,12-18)9-4-10-20-14-8-7-13-5-3-6-16(19)15(13)11-14/h7-8,11H,3-6,9-10H2,1-2H3. The molecule has 0 bridgehead atoms. The van der Waals surface area contributed by atoms with E-state index in [1.54, 1.807) is 0 Å². The summed E-state index contributed by atoms with van der Waals surface area (Å²) >= 11 is 0. The van der Waals surface area contributed by atoms with E-state index in [1.807, 2.05) is 32.0 Å². The Morgan fingerprint density at radius 1 is 1.35 bits per heavy atom. The van der Waals surface area contributed by atoms with Crippen molar-refractivity contribution in [1.82, 2.24) is 0 Å². The highest BCUT2D eigenvalue weighted by molar-refractivity contribution is 5.98. The molecule has 0 aliphatic heterocycles. The summed E-state index contributed by atoms with van der Waals surface area (Å²) in [6.45, 7) is 4.45. The van der Waals surface area contributed by atoms with Crippen LogP contribution < -0.4 is 4.74 Å². The van der Waals surface area contributed by atoms with Gasteiger partial charge in [0.15, 0.2) is 5.78 Å². The first-order valence-electron chi connectivity index (χ1n) is 7.22. The Labute approximate surface area is 120 Å². The molecule has 0 saturated carbocycles. The van der Waals surface area contributed by atoms with Gasteiger partial charge in [-0.1, -0.05) is 6.07 Å². The number of ketones is 1. The van der Waals surface area contributed by atoms with Crippen molar-refractivity contribution in [3.8, 4) is 11.8 Å². The van der Waals surface area contributed by atoms with Crippen molar-refractivity contribution >= 4 is 5.78 Å². The SMILES string of the molecule is CC(C)(C#N)CCCOc1ccc2c(c1)C(=O)CCC2. The van der Waals surface area contributed by atoms with Gasteiger partial charge in [-0.2, -0.15) is 5.26 Å². The van der Waals surface area contributed by atoms with Gasteiger partial charge in [-0.25, -0.2) is 0 Å². The summed E-state index contributed by atoms with van der Waals surface area (Å²) in [4.78, 5) is 11.8. The number of nitriles is 1. The number of carbonyl (C=O) groups excluding carboxylic acids is 1. The minimum Gasteiger partial charge on any atom is -0.494 e. The molecular weight excluding hydrogens is 250 g/mol. The van der Waals surface area contributed by atoms with E-state index in [0.29, 0.717) is 13.0 Å². The maximum atomic E-state index is 11.8. The average molecular weight is 271 g/mol. The van der Waals surface area contributed by atoms with Crippen LogP contribution in [0, 0.1) is 16.7 Å². The summed E-state index contributed by atoms with van der Waals surface area (Å²) in [5, 5.41) is 8.94. The number of rotatable bonds is 5. The summed E-state index contributed by atoms with van der Waals surface area (Å²) in [5.41, 5.74) is 1.67. The van der Waals surface area contributed by atoms with Gasteiger partial charge in [-0.15, -0.1) is 0 Å². The van der Waals surface area contributed by atoms with E-state index in [9.17, 15) is 4.79 Å². The number of ether oxygens (including phenoxy) is 1. The van der Waals surface area contributed by atoms with E-state index < -0.39 is 0 Å². The third-order valence-electron chi connectivity index (χ3n) is 3.75. The van der Waals surface area contributed by atoms with E-state index in [0.717, 1.165) is 42.6 Å². The molecule has 0 fully saturated rings. The number of hydrogen-bond donors (Lipinski definition) is 0. The number of fused-ring (bicyclic) bond motifs is 1. The third-order valence-corrected chi connectivity index (χ3v) is 3.75. The van der Waals surface area contributed by atoms with Crippen LogP contribution in [0.3, 0.4) is 0 Å². The predicted octanol–water partition coefficient (Wildman–Crippen LogP) is 3.91. The number of Topliss-reactive ketones (excluding diaryl/α,β-unsaturated/α-hetero) is 1. The summed E-state index contributed by atoms with van der Waals surface area (Å²) in [6.07, 6.45) is 4.23. The van der Waals surface area contributed by atoms with Gasteiger partial charge < -0.3 is 4.74 Å². The molecule has 1 aromatic carbocycles. The van der Waals surface area contributed by atoms with Crippen molar-refractivity contribution in [2.75, 3.05) is 6.61 Å². The molecule has 0 spiro atoms. The molecule has 1 aromatic rings. The van der Waals surface area contributed by atoms with E-state index >= 15 is 0 Å². The molecule has 0 heterocycles. The fraction of sp³-hybridized carbons (Fsp3) is 0.529. The van der Waals surface area contributed by atoms with Crippen LogP contribution in [0.25, 0.3) is 0 Å². The highest BCUT2D eigenvalue weighted by Gasteiger charge is 2.18. The maximum absolute atomic E-state index is 11.8. The first kappa shape index (κ1) is 14.6. The highest BCUT2D eigenvalue weighted by Crippen LogP contribution is 2.26. The van der Waals surface area contributed by atoms with Crippen LogP contribution in [0.1, 0.15) is 55.5 Å². The molecule has 0 saturated heterocycles. The van der Waals surface area contributed by atoms with Crippen molar-refractivity contribution in [2.45, 2.75) is 46.0 Å². The highest BCUT2D eigenvalue weighted by atomic mass is 16.5. The van der Waals surface area contributed by atoms with Crippen LogP contribution in [0.15, 0.2) is 18.2 Å². The lowest BCUT2D eigenvalue weighted by Gasteiger charge is -2.17. The molecule has 0 N–H and O–H groups in total. The third kappa shape index (κ3) is 3.60. The second-order valence-corrected chi connectivity index (χ2v) is 6.04. The van der Waals surface area contributed by atoms with Gasteiger partial charge >= 0.3 is 0 Å². The average Bonchev–Trinajstić information content (AvgIpc) is 2.44. The lowest BCUT2D eigenvalue weighted by atomic mass is 9.90. The quantitative estimate of drug-likeness (QED) is 0.763. The summed E-state index contributed by atoms with van der Waals surface area (Å²) in [5.74, 6) is 0.982. The Morgan fingerprint density at radius 2 is 2.15 bits per heavy atom. The fourth-order valence-corrected chi connectivity index (χ4v) is 2.46. The van der Waals surface area contributed by atoms with E-state index in [4.69, 9.17) is 10.00 Å². The Bertz CT molecular complexity index is 540. The van der Waals surface area contributed by atoms with Crippen molar-refractivity contribution in [2.24, 2.45) is 5.41 Å². The van der Waals surface area contributed by atoms with Crippen molar-refractivity contribution in [3.63, 3.8) is 0 Å². The van der Waals surface area contributed by atoms with Gasteiger partial charge in [0.05, 0.1) is 18.1 Å². The minimum absolute atomic E-state index is 0.224. The van der Waals surface area contributed by atoms with Crippen LogP contribution in [-0.2, 0) is 6.42 Å². The van der Waals surface area contributed by atoms with Crippen LogP contribution in [-0.4, -0.2) is 12.4 Å². The zero-order valence-electron chi connectivity index (χ0n) is 12.2. The Morgan fingerprint density at radius 3 is 2.90 bits per heavy atom. The van der Waals surface area contributed by atoms with Crippen molar-refractivity contribution in [1.29, 1.82) is 5.26 Å². The molecule has 3 heteroatoms. The van der Waals surface area contributed by atoms with E-state index in [2.05, 4.69) is 6.07 Å². The monoisotopic (exact) mass is 271 g/mol. The number of nitrogens with zero attached hydrogens (tertiary/aromatic N) is 1. The van der Waals surface area contributed by atoms with E-state index in [1.165, 1.54) is 0 Å². The maximum Gasteiger partial charge on any atom is 0.163 e.